The first-order valence-electron chi connectivity index (χ1n) is 9.02. The summed E-state index contributed by atoms with van der Waals surface area (Å²) in [6, 6.07) is 15.7. The Morgan fingerprint density at radius 1 is 1.10 bits per heavy atom. The van der Waals surface area contributed by atoms with Gasteiger partial charge in [-0.05, 0) is 35.9 Å². The third kappa shape index (κ3) is 5.35. The number of nitrogens with zero attached hydrogens (tertiary/aromatic N) is 3. The maximum atomic E-state index is 12.8. The lowest BCUT2D eigenvalue weighted by atomic mass is 10.2. The zero-order valence-corrected chi connectivity index (χ0v) is 18.0. The van der Waals surface area contributed by atoms with E-state index in [0.29, 0.717) is 29.7 Å². The maximum absolute atomic E-state index is 12.8. The van der Waals surface area contributed by atoms with Gasteiger partial charge in [0.15, 0.2) is 6.61 Å². The molecule has 1 aliphatic rings. The molecule has 1 fully saturated rings. The fourth-order valence-corrected chi connectivity index (χ4v) is 5.00. The Hall–Kier alpha value is -2.41. The van der Waals surface area contributed by atoms with Gasteiger partial charge in [0, 0.05) is 30.7 Å². The molecule has 0 N–H and O–H groups in total. The summed E-state index contributed by atoms with van der Waals surface area (Å²) in [7, 11) is -3.59. The van der Waals surface area contributed by atoms with Crippen molar-refractivity contribution in [2.24, 2.45) is 0 Å². The minimum Gasteiger partial charge on any atom is -0.484 e. The number of benzene rings is 2. The summed E-state index contributed by atoms with van der Waals surface area (Å²) in [5, 5.41) is 8.68. The lowest BCUT2D eigenvalue weighted by Crippen LogP contribution is -2.51. The van der Waals surface area contributed by atoms with Crippen LogP contribution >= 0.6 is 15.9 Å². The number of nitriles is 1. The zero-order valence-electron chi connectivity index (χ0n) is 15.6. The normalized spacial score (nSPS) is 15.0. The van der Waals surface area contributed by atoms with Crippen molar-refractivity contribution in [2.75, 3.05) is 32.8 Å². The molecular weight excluding hydrogens is 458 g/mol. The molecule has 9 heteroatoms. The van der Waals surface area contributed by atoms with Gasteiger partial charge in [0.25, 0.3) is 5.91 Å². The van der Waals surface area contributed by atoms with E-state index in [1.54, 1.807) is 53.4 Å². The fraction of sp³-hybridized carbons (Fsp3) is 0.300. The first kappa shape index (κ1) is 21.3. The first-order chi connectivity index (χ1) is 13.9. The number of hydrogen-bond donors (Lipinski definition) is 0. The van der Waals surface area contributed by atoms with Crippen LogP contribution in [0.25, 0.3) is 0 Å². The Bertz CT molecular complexity index is 1010. The monoisotopic (exact) mass is 477 g/mol. The average Bonchev–Trinajstić information content (AvgIpc) is 2.73. The highest BCUT2D eigenvalue weighted by Gasteiger charge is 2.30. The molecule has 3 rings (SSSR count). The molecule has 1 amide bonds. The number of ether oxygens (including phenoxy) is 1. The van der Waals surface area contributed by atoms with Crippen LogP contribution in [0.1, 0.15) is 5.56 Å². The van der Waals surface area contributed by atoms with Gasteiger partial charge in [0.2, 0.25) is 10.0 Å². The number of hydrogen-bond acceptors (Lipinski definition) is 5. The molecule has 0 aliphatic carbocycles. The van der Waals surface area contributed by atoms with Crippen molar-refractivity contribution in [2.45, 2.75) is 11.3 Å². The van der Waals surface area contributed by atoms with Gasteiger partial charge >= 0.3 is 0 Å². The standard InChI is InChI=1S/C20H20BrN3O4S/c21-17-2-1-3-19(14-17)29(26,27)24-12-10-23(11-13-24)20(25)15-28-18-6-4-16(5-7-18)8-9-22/h1-7,14H,8,10-13,15H2. The quantitative estimate of drug-likeness (QED) is 0.636. The predicted molar refractivity (Wildman–Crippen MR) is 111 cm³/mol. The second kappa shape index (κ2) is 9.39. The van der Waals surface area contributed by atoms with Crippen molar-refractivity contribution >= 4 is 31.9 Å². The molecule has 0 spiro atoms. The summed E-state index contributed by atoms with van der Waals surface area (Å²) in [6.07, 6.45) is 0.326. The molecule has 7 nitrogen and oxygen atoms in total. The van der Waals surface area contributed by atoms with Gasteiger partial charge in [-0.3, -0.25) is 4.79 Å². The van der Waals surface area contributed by atoms with Crippen molar-refractivity contribution in [1.82, 2.24) is 9.21 Å². The Balaban J connectivity index is 1.52. The number of amides is 1. The van der Waals surface area contributed by atoms with Gasteiger partial charge in [0.1, 0.15) is 5.75 Å². The van der Waals surface area contributed by atoms with Gasteiger partial charge in [-0.15, -0.1) is 0 Å². The third-order valence-corrected chi connectivity index (χ3v) is 6.98. The Morgan fingerprint density at radius 2 is 1.79 bits per heavy atom. The van der Waals surface area contributed by atoms with E-state index in [-0.39, 0.29) is 30.5 Å². The van der Waals surface area contributed by atoms with E-state index in [2.05, 4.69) is 22.0 Å². The second-order valence-corrected chi connectivity index (χ2v) is 9.36. The maximum Gasteiger partial charge on any atom is 0.260 e. The third-order valence-electron chi connectivity index (χ3n) is 4.59. The highest BCUT2D eigenvalue weighted by atomic mass is 79.9. The number of carbonyl (C=O) groups is 1. The molecule has 0 atom stereocenters. The smallest absolute Gasteiger partial charge is 0.260 e. The topological polar surface area (TPSA) is 90.7 Å². The van der Waals surface area contributed by atoms with E-state index in [1.807, 2.05) is 0 Å². The van der Waals surface area contributed by atoms with Crippen molar-refractivity contribution in [1.29, 1.82) is 5.26 Å². The molecule has 1 saturated heterocycles. The highest BCUT2D eigenvalue weighted by Crippen LogP contribution is 2.21. The van der Waals surface area contributed by atoms with E-state index in [1.165, 1.54) is 4.31 Å². The Morgan fingerprint density at radius 3 is 2.41 bits per heavy atom. The first-order valence-corrected chi connectivity index (χ1v) is 11.3. The zero-order chi connectivity index (χ0) is 20.9. The fourth-order valence-electron chi connectivity index (χ4n) is 2.99. The van der Waals surface area contributed by atoms with Crippen LogP contribution in [0.15, 0.2) is 57.9 Å². The molecule has 0 aromatic heterocycles. The van der Waals surface area contributed by atoms with Gasteiger partial charge in [-0.25, -0.2) is 8.42 Å². The molecule has 29 heavy (non-hydrogen) atoms. The van der Waals surface area contributed by atoms with Gasteiger partial charge in [-0.1, -0.05) is 34.1 Å². The molecule has 1 aliphatic heterocycles. The second-order valence-electron chi connectivity index (χ2n) is 6.51. The number of piperazine rings is 1. The van der Waals surface area contributed by atoms with E-state index in [4.69, 9.17) is 10.00 Å². The Labute approximate surface area is 178 Å². The molecule has 0 saturated carbocycles. The predicted octanol–water partition coefficient (Wildman–Crippen LogP) is 2.43. The van der Waals surface area contributed by atoms with Crippen LogP contribution in [0, 0.1) is 11.3 Å². The van der Waals surface area contributed by atoms with Crippen molar-refractivity contribution in [3.05, 3.63) is 58.6 Å². The lowest BCUT2D eigenvalue weighted by Gasteiger charge is -2.34. The minimum absolute atomic E-state index is 0.115. The molecular formula is C20H20BrN3O4S. The molecule has 0 radical (unpaired) electrons. The van der Waals surface area contributed by atoms with E-state index >= 15 is 0 Å². The summed E-state index contributed by atoms with van der Waals surface area (Å²) in [4.78, 5) is 14.2. The molecule has 0 unspecified atom stereocenters. The van der Waals surface area contributed by atoms with Crippen LogP contribution < -0.4 is 4.74 Å². The highest BCUT2D eigenvalue weighted by molar-refractivity contribution is 9.10. The summed E-state index contributed by atoms with van der Waals surface area (Å²) >= 11 is 3.29. The number of halogens is 1. The largest absolute Gasteiger partial charge is 0.484 e. The summed E-state index contributed by atoms with van der Waals surface area (Å²) in [6.45, 7) is 0.996. The van der Waals surface area contributed by atoms with Crippen molar-refractivity contribution < 1.29 is 17.9 Å². The van der Waals surface area contributed by atoms with Crippen molar-refractivity contribution in [3.8, 4) is 11.8 Å². The summed E-state index contributed by atoms with van der Waals surface area (Å²) in [5.74, 6) is 0.363. The van der Waals surface area contributed by atoms with Crippen LogP contribution in [0.2, 0.25) is 0 Å². The van der Waals surface area contributed by atoms with Gasteiger partial charge < -0.3 is 9.64 Å². The lowest BCUT2D eigenvalue weighted by molar-refractivity contribution is -0.134. The van der Waals surface area contributed by atoms with Crippen LogP contribution in [0.3, 0.4) is 0 Å². The van der Waals surface area contributed by atoms with Gasteiger partial charge in [0.05, 0.1) is 17.4 Å². The molecule has 2 aromatic rings. The Kier molecular flexibility index (Phi) is 6.90. The van der Waals surface area contributed by atoms with Crippen LogP contribution in [-0.4, -0.2) is 56.3 Å². The minimum atomic E-state index is -3.59. The van der Waals surface area contributed by atoms with E-state index in [0.717, 1.165) is 5.56 Å². The van der Waals surface area contributed by atoms with Crippen LogP contribution in [0.5, 0.6) is 5.75 Å². The summed E-state index contributed by atoms with van der Waals surface area (Å²) in [5.41, 5.74) is 0.883. The summed E-state index contributed by atoms with van der Waals surface area (Å²) < 4.78 is 33.1. The number of rotatable bonds is 6. The SMILES string of the molecule is N#CCc1ccc(OCC(=O)N2CCN(S(=O)(=O)c3cccc(Br)c3)CC2)cc1. The number of carbonyl (C=O) groups excluding carboxylic acids is 1. The number of sulfonamides is 1. The van der Waals surface area contributed by atoms with Crippen LogP contribution in [-0.2, 0) is 21.2 Å². The molecule has 0 bridgehead atoms. The molecule has 2 aromatic carbocycles. The van der Waals surface area contributed by atoms with Crippen LogP contribution in [0.4, 0.5) is 0 Å². The molecule has 152 valence electrons. The average molecular weight is 478 g/mol. The molecule has 1 heterocycles. The van der Waals surface area contributed by atoms with E-state index in [9.17, 15) is 13.2 Å². The van der Waals surface area contributed by atoms with Gasteiger partial charge in [-0.2, -0.15) is 9.57 Å². The van der Waals surface area contributed by atoms with Crippen molar-refractivity contribution in [3.63, 3.8) is 0 Å². The van der Waals surface area contributed by atoms with E-state index < -0.39 is 10.0 Å².